The van der Waals surface area contributed by atoms with Crippen molar-refractivity contribution in [2.75, 3.05) is 13.1 Å². The highest BCUT2D eigenvalue weighted by molar-refractivity contribution is 5.92. The highest BCUT2D eigenvalue weighted by Crippen LogP contribution is 2.18. The molecule has 7 heteroatoms. The van der Waals surface area contributed by atoms with Gasteiger partial charge in [0.25, 0.3) is 5.91 Å². The summed E-state index contributed by atoms with van der Waals surface area (Å²) < 4.78 is 7.36. The van der Waals surface area contributed by atoms with Crippen LogP contribution in [0.3, 0.4) is 0 Å². The monoisotopic (exact) mass is 351 g/mol. The molecule has 1 aliphatic heterocycles. The van der Waals surface area contributed by atoms with Gasteiger partial charge in [-0.3, -0.25) is 9.48 Å². The largest absolute Gasteiger partial charge is 0.444 e. The molecule has 0 bridgehead atoms. The van der Waals surface area contributed by atoms with Gasteiger partial charge < -0.3 is 15.1 Å². The molecule has 0 radical (unpaired) electrons. The van der Waals surface area contributed by atoms with E-state index in [0.717, 1.165) is 31.5 Å². The normalized spacial score (nSPS) is 17.2. The number of rotatable bonds is 5. The van der Waals surface area contributed by atoms with E-state index in [9.17, 15) is 4.79 Å². The molecule has 1 unspecified atom stereocenters. The van der Waals surface area contributed by atoms with E-state index in [1.807, 2.05) is 41.2 Å². The summed E-state index contributed by atoms with van der Waals surface area (Å²) in [4.78, 5) is 16.7. The van der Waals surface area contributed by atoms with Crippen LogP contribution in [0.2, 0.25) is 0 Å². The van der Waals surface area contributed by atoms with Crippen molar-refractivity contribution < 1.29 is 9.21 Å². The van der Waals surface area contributed by atoms with Crippen molar-refractivity contribution in [3.63, 3.8) is 0 Å². The Morgan fingerprint density at radius 2 is 2.19 bits per heavy atom. The molecule has 1 fully saturated rings. The summed E-state index contributed by atoms with van der Waals surface area (Å²) >= 11 is 0. The Balaban J connectivity index is 1.35. The second-order valence-corrected chi connectivity index (χ2v) is 6.37. The van der Waals surface area contributed by atoms with E-state index in [-0.39, 0.29) is 5.91 Å². The summed E-state index contributed by atoms with van der Waals surface area (Å²) in [6.45, 7) is 2.24. The van der Waals surface area contributed by atoms with Crippen molar-refractivity contribution in [1.82, 2.24) is 25.4 Å². The lowest BCUT2D eigenvalue weighted by molar-refractivity contribution is 0.0944. The molecule has 2 aromatic heterocycles. The number of amides is 1. The van der Waals surface area contributed by atoms with Crippen LogP contribution in [0.4, 0.5) is 0 Å². The second kappa shape index (κ2) is 7.53. The topological polar surface area (TPSA) is 85.0 Å². The zero-order chi connectivity index (χ0) is 17.8. The van der Waals surface area contributed by atoms with Gasteiger partial charge in [-0.1, -0.05) is 18.2 Å². The predicted octanol–water partition coefficient (Wildman–Crippen LogP) is 2.39. The van der Waals surface area contributed by atoms with E-state index >= 15 is 0 Å². The fraction of sp³-hybridized carbons (Fsp3) is 0.316. The van der Waals surface area contributed by atoms with Crippen LogP contribution in [0.25, 0.3) is 11.5 Å². The smallest absolute Gasteiger partial charge is 0.272 e. The molecule has 4 rings (SSSR count). The number of piperidine rings is 1. The Morgan fingerprint density at radius 3 is 3.00 bits per heavy atom. The molecule has 1 aliphatic rings. The Bertz CT molecular complexity index is 865. The Labute approximate surface area is 151 Å². The van der Waals surface area contributed by atoms with Crippen LogP contribution in [-0.4, -0.2) is 33.8 Å². The van der Waals surface area contributed by atoms with Crippen LogP contribution in [0.1, 0.15) is 35.1 Å². The Morgan fingerprint density at radius 1 is 1.31 bits per heavy atom. The maximum absolute atomic E-state index is 12.3. The number of hydrogen-bond donors (Lipinski definition) is 2. The molecular formula is C19H21N5O2. The summed E-state index contributed by atoms with van der Waals surface area (Å²) in [5.74, 6) is 0.334. The molecule has 26 heavy (non-hydrogen) atoms. The molecular weight excluding hydrogens is 330 g/mol. The molecule has 0 aliphatic carbocycles. The molecule has 1 saturated heterocycles. The average molecular weight is 351 g/mol. The van der Waals surface area contributed by atoms with Crippen molar-refractivity contribution >= 4 is 5.91 Å². The first kappa shape index (κ1) is 16.5. The molecule has 134 valence electrons. The molecule has 0 saturated carbocycles. The fourth-order valence-electron chi connectivity index (χ4n) is 3.08. The first-order valence-electron chi connectivity index (χ1n) is 8.83. The third-order valence-corrected chi connectivity index (χ3v) is 4.49. The minimum Gasteiger partial charge on any atom is -0.444 e. The minimum absolute atomic E-state index is 0.211. The number of nitrogens with zero attached hydrogens (tertiary/aromatic N) is 3. The second-order valence-electron chi connectivity index (χ2n) is 6.37. The average Bonchev–Trinajstić information content (AvgIpc) is 3.37. The maximum Gasteiger partial charge on any atom is 0.272 e. The standard InChI is InChI=1S/C19H21N5O2/c25-18(17-8-10-24(23-17)16-7-4-9-20-12-16)21-11-15-13-26-19(22-15)14-5-2-1-3-6-14/h1-3,5-6,8,10,13,16,20H,4,7,9,11-12H2,(H,21,25). The zero-order valence-corrected chi connectivity index (χ0v) is 14.4. The van der Waals surface area contributed by atoms with Gasteiger partial charge in [-0.15, -0.1) is 0 Å². The van der Waals surface area contributed by atoms with Crippen molar-refractivity contribution in [3.8, 4) is 11.5 Å². The third kappa shape index (κ3) is 3.67. The van der Waals surface area contributed by atoms with E-state index in [0.29, 0.717) is 29.9 Å². The SMILES string of the molecule is O=C(NCc1coc(-c2ccccc2)n1)c1ccn(C2CCCNC2)n1. The lowest BCUT2D eigenvalue weighted by Gasteiger charge is -2.22. The summed E-state index contributed by atoms with van der Waals surface area (Å²) in [7, 11) is 0. The summed E-state index contributed by atoms with van der Waals surface area (Å²) in [6, 6.07) is 11.7. The Hall–Kier alpha value is -2.93. The molecule has 1 aromatic carbocycles. The number of oxazole rings is 1. The lowest BCUT2D eigenvalue weighted by Crippen LogP contribution is -2.32. The Kier molecular flexibility index (Phi) is 4.79. The van der Waals surface area contributed by atoms with Gasteiger partial charge in [0.15, 0.2) is 0 Å². The van der Waals surface area contributed by atoms with Gasteiger partial charge >= 0.3 is 0 Å². The molecule has 1 amide bonds. The summed E-state index contributed by atoms with van der Waals surface area (Å²) in [5.41, 5.74) is 2.00. The number of benzene rings is 1. The maximum atomic E-state index is 12.3. The van der Waals surface area contributed by atoms with Crippen molar-refractivity contribution in [1.29, 1.82) is 0 Å². The van der Waals surface area contributed by atoms with Crippen molar-refractivity contribution in [3.05, 3.63) is 60.2 Å². The van der Waals surface area contributed by atoms with E-state index < -0.39 is 0 Å². The predicted molar refractivity (Wildman–Crippen MR) is 96.5 cm³/mol. The van der Waals surface area contributed by atoms with Gasteiger partial charge in [0, 0.05) is 18.3 Å². The lowest BCUT2D eigenvalue weighted by atomic mass is 10.1. The summed E-state index contributed by atoms with van der Waals surface area (Å²) in [6.07, 6.45) is 5.64. The quantitative estimate of drug-likeness (QED) is 0.737. The minimum atomic E-state index is -0.211. The number of carbonyl (C=O) groups is 1. The van der Waals surface area contributed by atoms with E-state index in [1.165, 1.54) is 0 Å². The van der Waals surface area contributed by atoms with E-state index in [4.69, 9.17) is 4.42 Å². The van der Waals surface area contributed by atoms with E-state index in [1.54, 1.807) is 12.3 Å². The van der Waals surface area contributed by atoms with Crippen molar-refractivity contribution in [2.45, 2.75) is 25.4 Å². The van der Waals surface area contributed by atoms with Crippen molar-refractivity contribution in [2.24, 2.45) is 0 Å². The van der Waals surface area contributed by atoms with Crippen LogP contribution in [0.15, 0.2) is 53.3 Å². The van der Waals surface area contributed by atoms with Gasteiger partial charge in [0.05, 0.1) is 18.3 Å². The number of aromatic nitrogens is 3. The molecule has 3 aromatic rings. The van der Waals surface area contributed by atoms with Gasteiger partial charge in [-0.05, 0) is 37.6 Å². The van der Waals surface area contributed by atoms with Crippen LogP contribution < -0.4 is 10.6 Å². The van der Waals surface area contributed by atoms with Crippen LogP contribution in [0, 0.1) is 0 Å². The highest BCUT2D eigenvalue weighted by atomic mass is 16.3. The van der Waals surface area contributed by atoms with Gasteiger partial charge in [-0.25, -0.2) is 4.98 Å². The molecule has 7 nitrogen and oxygen atoms in total. The molecule has 1 atom stereocenters. The summed E-state index contributed by atoms with van der Waals surface area (Å²) in [5, 5.41) is 10.6. The van der Waals surface area contributed by atoms with E-state index in [2.05, 4.69) is 20.7 Å². The molecule has 3 heterocycles. The van der Waals surface area contributed by atoms with Gasteiger partial charge in [-0.2, -0.15) is 5.10 Å². The molecule has 0 spiro atoms. The third-order valence-electron chi connectivity index (χ3n) is 4.49. The fourth-order valence-corrected chi connectivity index (χ4v) is 3.08. The van der Waals surface area contributed by atoms with Crippen LogP contribution in [-0.2, 0) is 6.54 Å². The molecule has 2 N–H and O–H groups in total. The first-order valence-corrected chi connectivity index (χ1v) is 8.83. The number of nitrogens with one attached hydrogen (secondary N) is 2. The number of carbonyl (C=O) groups excluding carboxylic acids is 1. The van der Waals surface area contributed by atoms with Gasteiger partial charge in [0.1, 0.15) is 12.0 Å². The number of hydrogen-bond acceptors (Lipinski definition) is 5. The zero-order valence-electron chi connectivity index (χ0n) is 14.4. The van der Waals surface area contributed by atoms with Gasteiger partial charge in [0.2, 0.25) is 5.89 Å². The van der Waals surface area contributed by atoms with Crippen LogP contribution >= 0.6 is 0 Å². The highest BCUT2D eigenvalue weighted by Gasteiger charge is 2.18. The first-order chi connectivity index (χ1) is 12.8. The van der Waals surface area contributed by atoms with Crippen LogP contribution in [0.5, 0.6) is 0 Å².